The van der Waals surface area contributed by atoms with Crippen molar-refractivity contribution >= 4 is 22.5 Å². The van der Waals surface area contributed by atoms with Crippen LogP contribution >= 0.6 is 0 Å². The summed E-state index contributed by atoms with van der Waals surface area (Å²) < 4.78 is 5.75. The molecule has 0 fully saturated rings. The molecule has 5 rings (SSSR count). The number of nitrogens with zero attached hydrogens (tertiary/aromatic N) is 2. The fourth-order valence-corrected chi connectivity index (χ4v) is 3.63. The molecule has 1 unspecified atom stereocenters. The van der Waals surface area contributed by atoms with Gasteiger partial charge in [-0.2, -0.15) is 0 Å². The molecule has 0 spiro atoms. The Bertz CT molecular complexity index is 888. The summed E-state index contributed by atoms with van der Waals surface area (Å²) in [6.07, 6.45) is 5.65. The van der Waals surface area contributed by atoms with E-state index in [9.17, 15) is 0 Å². The third-order valence-electron chi connectivity index (χ3n) is 4.59. The normalized spacial score (nSPS) is 18.9. The molecule has 1 aliphatic heterocycles. The molecule has 2 aliphatic rings. The van der Waals surface area contributed by atoms with Gasteiger partial charge >= 0.3 is 0 Å². The summed E-state index contributed by atoms with van der Waals surface area (Å²) in [6, 6.07) is 6.76. The van der Waals surface area contributed by atoms with Gasteiger partial charge in [0.25, 0.3) is 0 Å². The van der Waals surface area contributed by atoms with Crippen molar-refractivity contribution in [2.24, 2.45) is 0 Å². The second kappa shape index (κ2) is 4.87. The van der Waals surface area contributed by atoms with Crippen molar-refractivity contribution in [2.75, 3.05) is 23.8 Å². The van der Waals surface area contributed by atoms with Gasteiger partial charge in [0.2, 0.25) is 5.75 Å². The van der Waals surface area contributed by atoms with Crippen molar-refractivity contribution in [3.8, 4) is 5.75 Å². The Hall–Kier alpha value is -2.76. The van der Waals surface area contributed by atoms with E-state index in [0.717, 1.165) is 36.8 Å². The lowest BCUT2D eigenvalue weighted by Crippen LogP contribution is -2.29. The predicted octanol–water partition coefficient (Wildman–Crippen LogP) is 2.34. The van der Waals surface area contributed by atoms with Crippen molar-refractivity contribution < 1.29 is 4.74 Å². The fraction of sp³-hybridized carbons (Fsp3) is 0.294. The maximum Gasteiger partial charge on any atom is 0.204 e. The van der Waals surface area contributed by atoms with Gasteiger partial charge < -0.3 is 20.4 Å². The molecule has 6 heteroatoms. The molecule has 116 valence electrons. The Morgan fingerprint density at radius 2 is 2.13 bits per heavy atom. The SMILES string of the molecule is c1cc2c3c(c[nH]c3c1)CC(Nc1ncnc3c1OCCN3)C2. The van der Waals surface area contributed by atoms with Crippen LogP contribution in [0.5, 0.6) is 5.75 Å². The molecule has 3 N–H and O–H groups in total. The molecule has 0 saturated carbocycles. The number of hydrogen-bond acceptors (Lipinski definition) is 5. The highest BCUT2D eigenvalue weighted by molar-refractivity contribution is 5.87. The molecule has 0 radical (unpaired) electrons. The number of fused-ring (bicyclic) bond motifs is 1. The van der Waals surface area contributed by atoms with Crippen molar-refractivity contribution in [2.45, 2.75) is 18.9 Å². The minimum Gasteiger partial charge on any atom is -0.485 e. The van der Waals surface area contributed by atoms with Gasteiger partial charge in [0, 0.05) is 23.1 Å². The molecule has 6 nitrogen and oxygen atoms in total. The first-order valence-corrected chi connectivity index (χ1v) is 7.94. The quantitative estimate of drug-likeness (QED) is 0.677. The average Bonchev–Trinajstić information content (AvgIpc) is 3.00. The standard InChI is InChI=1S/C17H17N5O/c1-2-10-6-12(7-11-8-19-13(3-1)14(10)11)22-17-15-16(20-9-21-17)18-4-5-23-15/h1-3,8-9,12,19H,4-7H2,(H2,18,20,21,22). The summed E-state index contributed by atoms with van der Waals surface area (Å²) in [5.41, 5.74) is 3.97. The zero-order chi connectivity index (χ0) is 15.2. The highest BCUT2D eigenvalue weighted by Gasteiger charge is 2.24. The van der Waals surface area contributed by atoms with Crippen molar-refractivity contribution in [1.29, 1.82) is 0 Å². The van der Waals surface area contributed by atoms with E-state index in [-0.39, 0.29) is 0 Å². The largest absolute Gasteiger partial charge is 0.485 e. The number of hydrogen-bond donors (Lipinski definition) is 3. The number of benzene rings is 1. The third kappa shape index (κ3) is 2.02. The Morgan fingerprint density at radius 3 is 3.13 bits per heavy atom. The minimum atomic E-state index is 0.299. The fourth-order valence-electron chi connectivity index (χ4n) is 3.63. The molecule has 23 heavy (non-hydrogen) atoms. The second-order valence-corrected chi connectivity index (χ2v) is 6.08. The van der Waals surface area contributed by atoms with E-state index >= 15 is 0 Å². The predicted molar refractivity (Wildman–Crippen MR) is 89.1 cm³/mol. The minimum absolute atomic E-state index is 0.299. The summed E-state index contributed by atoms with van der Waals surface area (Å²) in [4.78, 5) is 12.0. The van der Waals surface area contributed by atoms with Gasteiger partial charge in [0.15, 0.2) is 11.6 Å². The van der Waals surface area contributed by atoms with Crippen molar-refractivity contribution in [3.63, 3.8) is 0 Å². The lowest BCUT2D eigenvalue weighted by atomic mass is 9.89. The van der Waals surface area contributed by atoms with E-state index in [2.05, 4.69) is 50.0 Å². The third-order valence-corrected chi connectivity index (χ3v) is 4.59. The van der Waals surface area contributed by atoms with Gasteiger partial charge in [0.05, 0.1) is 6.54 Å². The van der Waals surface area contributed by atoms with Crippen LogP contribution in [-0.4, -0.2) is 34.1 Å². The molecule has 0 amide bonds. The van der Waals surface area contributed by atoms with E-state index in [4.69, 9.17) is 4.74 Å². The monoisotopic (exact) mass is 307 g/mol. The van der Waals surface area contributed by atoms with Crippen LogP contribution in [0, 0.1) is 0 Å². The molecular weight excluding hydrogens is 290 g/mol. The zero-order valence-electron chi connectivity index (χ0n) is 12.6. The maximum absolute atomic E-state index is 5.75. The van der Waals surface area contributed by atoms with E-state index in [1.165, 1.54) is 22.0 Å². The summed E-state index contributed by atoms with van der Waals surface area (Å²) in [5, 5.41) is 8.18. The van der Waals surface area contributed by atoms with Crippen LogP contribution in [0.1, 0.15) is 11.1 Å². The van der Waals surface area contributed by atoms with Crippen LogP contribution in [0.15, 0.2) is 30.7 Å². The molecule has 3 aromatic rings. The average molecular weight is 307 g/mol. The van der Waals surface area contributed by atoms with Gasteiger partial charge in [-0.15, -0.1) is 0 Å². The second-order valence-electron chi connectivity index (χ2n) is 6.08. The molecule has 0 bridgehead atoms. The maximum atomic E-state index is 5.75. The first-order chi connectivity index (χ1) is 11.4. The lowest BCUT2D eigenvalue weighted by Gasteiger charge is -2.26. The van der Waals surface area contributed by atoms with Crippen LogP contribution in [-0.2, 0) is 12.8 Å². The van der Waals surface area contributed by atoms with Gasteiger partial charge in [-0.3, -0.25) is 0 Å². The van der Waals surface area contributed by atoms with Crippen LogP contribution in [0.2, 0.25) is 0 Å². The molecule has 1 atom stereocenters. The smallest absolute Gasteiger partial charge is 0.204 e. The Kier molecular flexibility index (Phi) is 2.70. The number of anilines is 2. The summed E-state index contributed by atoms with van der Waals surface area (Å²) in [7, 11) is 0. The van der Waals surface area contributed by atoms with E-state index in [1.54, 1.807) is 6.33 Å². The van der Waals surface area contributed by atoms with Crippen LogP contribution in [0.4, 0.5) is 11.6 Å². The Balaban J connectivity index is 1.47. The summed E-state index contributed by atoms with van der Waals surface area (Å²) in [5.74, 6) is 2.28. The van der Waals surface area contributed by atoms with Crippen molar-refractivity contribution in [1.82, 2.24) is 15.0 Å². The summed E-state index contributed by atoms with van der Waals surface area (Å²) >= 11 is 0. The molecule has 3 heterocycles. The lowest BCUT2D eigenvalue weighted by molar-refractivity contribution is 0.321. The highest BCUT2D eigenvalue weighted by atomic mass is 16.5. The van der Waals surface area contributed by atoms with E-state index in [1.807, 2.05) is 0 Å². The van der Waals surface area contributed by atoms with Gasteiger partial charge in [-0.25, -0.2) is 9.97 Å². The topological polar surface area (TPSA) is 74.9 Å². The first kappa shape index (κ1) is 12.8. The van der Waals surface area contributed by atoms with Gasteiger partial charge in [-0.05, 0) is 30.0 Å². The zero-order valence-corrected chi connectivity index (χ0v) is 12.6. The van der Waals surface area contributed by atoms with E-state index < -0.39 is 0 Å². The van der Waals surface area contributed by atoms with Gasteiger partial charge in [0.1, 0.15) is 12.9 Å². The first-order valence-electron chi connectivity index (χ1n) is 7.94. The molecule has 1 aliphatic carbocycles. The number of rotatable bonds is 2. The Labute approximate surface area is 133 Å². The van der Waals surface area contributed by atoms with Gasteiger partial charge in [-0.1, -0.05) is 12.1 Å². The molecule has 0 saturated heterocycles. The number of H-pyrrole nitrogens is 1. The van der Waals surface area contributed by atoms with E-state index in [0.29, 0.717) is 12.6 Å². The number of aromatic nitrogens is 3. The highest BCUT2D eigenvalue weighted by Crippen LogP contribution is 2.34. The number of ether oxygens (including phenoxy) is 1. The number of nitrogens with one attached hydrogen (secondary N) is 3. The number of aromatic amines is 1. The summed E-state index contributed by atoms with van der Waals surface area (Å²) in [6.45, 7) is 1.42. The van der Waals surface area contributed by atoms with Crippen LogP contribution in [0.25, 0.3) is 10.9 Å². The molecule has 1 aromatic carbocycles. The molecule has 2 aromatic heterocycles. The van der Waals surface area contributed by atoms with Crippen molar-refractivity contribution in [3.05, 3.63) is 41.9 Å². The van der Waals surface area contributed by atoms with Crippen LogP contribution in [0.3, 0.4) is 0 Å². The van der Waals surface area contributed by atoms with Crippen LogP contribution < -0.4 is 15.4 Å². The molecular formula is C17H17N5O. The Morgan fingerprint density at radius 1 is 1.17 bits per heavy atom.